The number of nitrogens with two attached hydrogens (primary N) is 1. The van der Waals surface area contributed by atoms with Crippen LogP contribution in [-0.2, 0) is 9.53 Å². The van der Waals surface area contributed by atoms with Gasteiger partial charge in [-0.3, -0.25) is 9.78 Å². The molecule has 1 heterocycles. The lowest BCUT2D eigenvalue weighted by Gasteiger charge is -2.20. The van der Waals surface area contributed by atoms with E-state index >= 15 is 0 Å². The van der Waals surface area contributed by atoms with Crippen LogP contribution in [0.25, 0.3) is 0 Å². The van der Waals surface area contributed by atoms with Crippen molar-refractivity contribution in [1.29, 1.82) is 0 Å². The van der Waals surface area contributed by atoms with Crippen molar-refractivity contribution in [1.82, 2.24) is 4.98 Å². The summed E-state index contributed by atoms with van der Waals surface area (Å²) in [5.41, 5.74) is 6.31. The van der Waals surface area contributed by atoms with Crippen LogP contribution in [0.3, 0.4) is 0 Å². The SMILES string of the molecule is CC(C)(C)OC(=O)C[C@@H](N)c1ccncc1. The second kappa shape index (κ2) is 5.07. The maximum absolute atomic E-state index is 11.5. The van der Waals surface area contributed by atoms with E-state index in [1.165, 1.54) is 0 Å². The normalized spacial score (nSPS) is 13.2. The molecule has 1 rings (SSSR count). The minimum atomic E-state index is -0.463. The van der Waals surface area contributed by atoms with Crippen molar-refractivity contribution >= 4 is 5.97 Å². The maximum atomic E-state index is 11.5. The molecule has 0 radical (unpaired) electrons. The number of nitrogens with zero attached hydrogens (tertiary/aromatic N) is 1. The zero-order chi connectivity index (χ0) is 12.2. The Morgan fingerprint density at radius 2 is 2.00 bits per heavy atom. The Kier molecular flexibility index (Phi) is 4.01. The molecule has 0 aliphatic carbocycles. The second-order valence-corrected chi connectivity index (χ2v) is 4.68. The Balaban J connectivity index is 2.52. The third-order valence-corrected chi connectivity index (χ3v) is 1.94. The number of hydrogen-bond acceptors (Lipinski definition) is 4. The van der Waals surface area contributed by atoms with Crippen LogP contribution in [0.1, 0.15) is 38.8 Å². The molecule has 2 N–H and O–H groups in total. The predicted octanol–water partition coefficient (Wildman–Crippen LogP) is 1.81. The number of esters is 1. The highest BCUT2D eigenvalue weighted by atomic mass is 16.6. The average molecular weight is 222 g/mol. The van der Waals surface area contributed by atoms with E-state index in [4.69, 9.17) is 10.5 Å². The monoisotopic (exact) mass is 222 g/mol. The molecule has 0 aromatic carbocycles. The van der Waals surface area contributed by atoms with Crippen LogP contribution in [0.5, 0.6) is 0 Å². The van der Waals surface area contributed by atoms with Crippen molar-refractivity contribution in [3.63, 3.8) is 0 Å². The first kappa shape index (κ1) is 12.6. The highest BCUT2D eigenvalue weighted by Crippen LogP contribution is 2.16. The van der Waals surface area contributed by atoms with E-state index in [1.54, 1.807) is 24.5 Å². The van der Waals surface area contributed by atoms with E-state index in [-0.39, 0.29) is 18.4 Å². The van der Waals surface area contributed by atoms with E-state index < -0.39 is 5.60 Å². The molecular weight excluding hydrogens is 204 g/mol. The largest absolute Gasteiger partial charge is 0.460 e. The fraction of sp³-hybridized carbons (Fsp3) is 0.500. The highest BCUT2D eigenvalue weighted by Gasteiger charge is 2.19. The fourth-order valence-corrected chi connectivity index (χ4v) is 1.29. The van der Waals surface area contributed by atoms with E-state index in [0.29, 0.717) is 0 Å². The van der Waals surface area contributed by atoms with E-state index in [0.717, 1.165) is 5.56 Å². The van der Waals surface area contributed by atoms with Crippen molar-refractivity contribution in [2.24, 2.45) is 5.73 Å². The van der Waals surface area contributed by atoms with Crippen molar-refractivity contribution in [3.05, 3.63) is 30.1 Å². The van der Waals surface area contributed by atoms with Crippen molar-refractivity contribution in [3.8, 4) is 0 Å². The van der Waals surface area contributed by atoms with Crippen LogP contribution >= 0.6 is 0 Å². The molecule has 0 saturated carbocycles. The highest BCUT2D eigenvalue weighted by molar-refractivity contribution is 5.70. The lowest BCUT2D eigenvalue weighted by atomic mass is 10.1. The molecule has 0 spiro atoms. The summed E-state index contributed by atoms with van der Waals surface area (Å²) in [6, 6.07) is 3.27. The number of pyridine rings is 1. The Labute approximate surface area is 95.8 Å². The molecule has 1 atom stereocenters. The van der Waals surface area contributed by atoms with Gasteiger partial charge in [0.05, 0.1) is 6.42 Å². The topological polar surface area (TPSA) is 65.2 Å². The number of aromatic nitrogens is 1. The van der Waals surface area contributed by atoms with Crippen molar-refractivity contribution in [2.45, 2.75) is 38.8 Å². The van der Waals surface area contributed by atoms with Gasteiger partial charge >= 0.3 is 5.97 Å². The molecule has 4 heteroatoms. The smallest absolute Gasteiger partial charge is 0.308 e. The van der Waals surface area contributed by atoms with Crippen LogP contribution in [0, 0.1) is 0 Å². The summed E-state index contributed by atoms with van der Waals surface area (Å²) in [5.74, 6) is -0.281. The van der Waals surface area contributed by atoms with Gasteiger partial charge in [0.1, 0.15) is 5.60 Å². The third kappa shape index (κ3) is 4.40. The van der Waals surface area contributed by atoms with E-state index in [1.807, 2.05) is 20.8 Å². The zero-order valence-electron chi connectivity index (χ0n) is 9.93. The Morgan fingerprint density at radius 3 is 2.50 bits per heavy atom. The summed E-state index contributed by atoms with van der Waals surface area (Å²) in [4.78, 5) is 15.4. The molecule has 88 valence electrons. The summed E-state index contributed by atoms with van der Waals surface area (Å²) in [6.45, 7) is 5.51. The third-order valence-electron chi connectivity index (χ3n) is 1.94. The molecule has 0 unspecified atom stereocenters. The average Bonchev–Trinajstić information content (AvgIpc) is 2.16. The number of rotatable bonds is 3. The van der Waals surface area contributed by atoms with Gasteiger partial charge < -0.3 is 10.5 Å². The van der Waals surface area contributed by atoms with Gasteiger partial charge in [-0.2, -0.15) is 0 Å². The summed E-state index contributed by atoms with van der Waals surface area (Å²) in [5, 5.41) is 0. The van der Waals surface area contributed by atoms with E-state index in [2.05, 4.69) is 4.98 Å². The molecule has 0 aliphatic rings. The molecular formula is C12H18N2O2. The van der Waals surface area contributed by atoms with Crippen molar-refractivity contribution < 1.29 is 9.53 Å². The molecule has 4 nitrogen and oxygen atoms in total. The zero-order valence-corrected chi connectivity index (χ0v) is 9.93. The molecule has 0 bridgehead atoms. The van der Waals surface area contributed by atoms with Crippen LogP contribution in [0.2, 0.25) is 0 Å². The first-order chi connectivity index (χ1) is 7.38. The maximum Gasteiger partial charge on any atom is 0.308 e. The molecule has 0 saturated heterocycles. The van der Waals surface area contributed by atoms with Gasteiger partial charge in [-0.15, -0.1) is 0 Å². The van der Waals surface area contributed by atoms with Gasteiger partial charge in [0.2, 0.25) is 0 Å². The quantitative estimate of drug-likeness (QED) is 0.792. The molecule has 0 fully saturated rings. The first-order valence-corrected chi connectivity index (χ1v) is 5.26. The van der Waals surface area contributed by atoms with Crippen LogP contribution in [0.4, 0.5) is 0 Å². The Morgan fingerprint density at radius 1 is 1.44 bits per heavy atom. The Bertz CT molecular complexity index is 344. The van der Waals surface area contributed by atoms with Crippen LogP contribution in [0.15, 0.2) is 24.5 Å². The standard InChI is InChI=1S/C12H18N2O2/c1-12(2,3)16-11(15)8-10(13)9-4-6-14-7-5-9/h4-7,10H,8,13H2,1-3H3/t10-/m1/s1. The van der Waals surface area contributed by atoms with Gasteiger partial charge in [-0.05, 0) is 38.5 Å². The van der Waals surface area contributed by atoms with E-state index in [9.17, 15) is 4.79 Å². The van der Waals surface area contributed by atoms with Crippen LogP contribution < -0.4 is 5.73 Å². The van der Waals surface area contributed by atoms with Gasteiger partial charge in [-0.1, -0.05) is 0 Å². The first-order valence-electron chi connectivity index (χ1n) is 5.26. The lowest BCUT2D eigenvalue weighted by Crippen LogP contribution is -2.26. The number of carbonyl (C=O) groups excluding carboxylic acids is 1. The summed E-state index contributed by atoms with van der Waals surface area (Å²) < 4.78 is 5.20. The summed E-state index contributed by atoms with van der Waals surface area (Å²) in [6.07, 6.45) is 3.50. The molecule has 0 amide bonds. The number of ether oxygens (including phenoxy) is 1. The van der Waals surface area contributed by atoms with Gasteiger partial charge in [0.15, 0.2) is 0 Å². The second-order valence-electron chi connectivity index (χ2n) is 4.68. The lowest BCUT2D eigenvalue weighted by molar-refractivity contribution is -0.155. The Hall–Kier alpha value is -1.42. The molecule has 16 heavy (non-hydrogen) atoms. The molecule has 1 aromatic rings. The van der Waals surface area contributed by atoms with Crippen molar-refractivity contribution in [2.75, 3.05) is 0 Å². The number of hydrogen-bond donors (Lipinski definition) is 1. The summed E-state index contributed by atoms with van der Waals surface area (Å²) in [7, 11) is 0. The number of carbonyl (C=O) groups is 1. The predicted molar refractivity (Wildman–Crippen MR) is 61.6 cm³/mol. The molecule has 0 aliphatic heterocycles. The minimum absolute atomic E-state index is 0.182. The van der Waals surface area contributed by atoms with Crippen LogP contribution in [-0.4, -0.2) is 16.6 Å². The van der Waals surface area contributed by atoms with Gasteiger partial charge in [0, 0.05) is 18.4 Å². The minimum Gasteiger partial charge on any atom is -0.460 e. The fourth-order valence-electron chi connectivity index (χ4n) is 1.29. The van der Waals surface area contributed by atoms with Gasteiger partial charge in [0.25, 0.3) is 0 Å². The van der Waals surface area contributed by atoms with Gasteiger partial charge in [-0.25, -0.2) is 0 Å². The molecule has 1 aromatic heterocycles. The summed E-state index contributed by atoms with van der Waals surface area (Å²) >= 11 is 0.